The van der Waals surface area contributed by atoms with Crippen LogP contribution in [0.15, 0.2) is 66.7 Å². The summed E-state index contributed by atoms with van der Waals surface area (Å²) in [6, 6.07) is 21.1. The van der Waals surface area contributed by atoms with Crippen molar-refractivity contribution in [3.05, 3.63) is 89.0 Å². The highest BCUT2D eigenvalue weighted by atomic mass is 16.5. The fourth-order valence-electron chi connectivity index (χ4n) is 4.38. The van der Waals surface area contributed by atoms with Crippen LogP contribution in [0, 0.1) is 5.92 Å². The van der Waals surface area contributed by atoms with Gasteiger partial charge in [-0.1, -0.05) is 42.5 Å². The van der Waals surface area contributed by atoms with Crippen LogP contribution in [-0.4, -0.2) is 32.0 Å². The lowest BCUT2D eigenvalue weighted by Crippen LogP contribution is -2.25. The largest absolute Gasteiger partial charge is 0.493 e. The maximum Gasteiger partial charge on any atom is 0.228 e. The number of Topliss-reactive ketones (excluding diaryl/α,β-unsaturated/α-hetero) is 1. The Morgan fingerprint density at radius 3 is 2.62 bits per heavy atom. The van der Waals surface area contributed by atoms with Crippen LogP contribution in [0.2, 0.25) is 0 Å². The molecule has 1 atom stereocenters. The van der Waals surface area contributed by atoms with E-state index in [9.17, 15) is 9.59 Å². The third-order valence-electron chi connectivity index (χ3n) is 6.09. The van der Waals surface area contributed by atoms with Crippen molar-refractivity contribution in [2.24, 2.45) is 11.7 Å². The van der Waals surface area contributed by atoms with E-state index in [2.05, 4.69) is 17.4 Å². The van der Waals surface area contributed by atoms with Crippen molar-refractivity contribution in [1.29, 1.82) is 0 Å². The standard InChI is InChI=1S/C28H30N2O4/c1-33-26-16-20(7-12-25(26)34-14-13-29)17-27(31)30-23-11-10-21-8-9-22(28(32)24(21)18-23)15-19-5-3-2-4-6-19/h2-7,10-12,16,18,22H,8-9,13-15,17,29H2,1H3,(H,30,31). The minimum atomic E-state index is -0.165. The Bertz CT molecular complexity index is 1160. The van der Waals surface area contributed by atoms with Gasteiger partial charge in [0.1, 0.15) is 6.61 Å². The number of methoxy groups -OCH3 is 1. The number of anilines is 1. The van der Waals surface area contributed by atoms with E-state index in [4.69, 9.17) is 15.2 Å². The van der Waals surface area contributed by atoms with E-state index in [1.54, 1.807) is 19.2 Å². The van der Waals surface area contributed by atoms with Crippen molar-refractivity contribution >= 4 is 17.4 Å². The first-order valence-corrected chi connectivity index (χ1v) is 11.6. The summed E-state index contributed by atoms with van der Waals surface area (Å²) in [5.41, 5.74) is 9.85. The number of hydrogen-bond acceptors (Lipinski definition) is 5. The molecule has 0 spiro atoms. The van der Waals surface area contributed by atoms with E-state index < -0.39 is 0 Å². The number of benzene rings is 3. The van der Waals surface area contributed by atoms with Gasteiger partial charge in [-0.05, 0) is 60.2 Å². The second-order valence-corrected chi connectivity index (χ2v) is 8.51. The normalized spacial score (nSPS) is 14.9. The molecule has 0 bridgehead atoms. The summed E-state index contributed by atoms with van der Waals surface area (Å²) in [5.74, 6) is 1.10. The van der Waals surface area contributed by atoms with Gasteiger partial charge in [0.25, 0.3) is 0 Å². The molecule has 3 aromatic carbocycles. The topological polar surface area (TPSA) is 90.6 Å². The van der Waals surface area contributed by atoms with Crippen LogP contribution in [0.4, 0.5) is 5.69 Å². The van der Waals surface area contributed by atoms with Gasteiger partial charge in [-0.15, -0.1) is 0 Å². The van der Waals surface area contributed by atoms with Crippen LogP contribution < -0.4 is 20.5 Å². The Kier molecular flexibility index (Phi) is 7.60. The Morgan fingerprint density at radius 2 is 1.85 bits per heavy atom. The molecule has 6 nitrogen and oxygen atoms in total. The molecule has 0 saturated heterocycles. The molecule has 0 radical (unpaired) electrons. The number of carbonyl (C=O) groups excluding carboxylic acids is 2. The Morgan fingerprint density at radius 1 is 1.03 bits per heavy atom. The third-order valence-corrected chi connectivity index (χ3v) is 6.09. The van der Waals surface area contributed by atoms with Crippen LogP contribution in [0.3, 0.4) is 0 Å². The number of ketones is 1. The van der Waals surface area contributed by atoms with Crippen molar-refractivity contribution in [2.75, 3.05) is 25.6 Å². The number of amides is 1. The van der Waals surface area contributed by atoms with E-state index in [1.165, 1.54) is 5.56 Å². The van der Waals surface area contributed by atoms with Crippen LogP contribution in [0.5, 0.6) is 11.5 Å². The zero-order chi connectivity index (χ0) is 23.9. The minimum absolute atomic E-state index is 0.0340. The molecule has 0 saturated carbocycles. The molecule has 0 fully saturated rings. The van der Waals surface area contributed by atoms with E-state index in [0.29, 0.717) is 35.9 Å². The molecule has 4 rings (SSSR count). The molecular formula is C28H30N2O4. The van der Waals surface area contributed by atoms with Gasteiger partial charge in [-0.2, -0.15) is 0 Å². The van der Waals surface area contributed by atoms with Gasteiger partial charge in [0, 0.05) is 23.7 Å². The average Bonchev–Trinajstić information content (AvgIpc) is 2.85. The first kappa shape index (κ1) is 23.5. The Labute approximate surface area is 200 Å². The number of fused-ring (bicyclic) bond motifs is 1. The quantitative estimate of drug-likeness (QED) is 0.502. The maximum absolute atomic E-state index is 13.2. The van der Waals surface area contributed by atoms with Gasteiger partial charge < -0.3 is 20.5 Å². The molecule has 1 aliphatic rings. The van der Waals surface area contributed by atoms with Gasteiger partial charge in [0.15, 0.2) is 17.3 Å². The lowest BCUT2D eigenvalue weighted by atomic mass is 9.79. The zero-order valence-corrected chi connectivity index (χ0v) is 19.4. The van der Waals surface area contributed by atoms with E-state index in [1.807, 2.05) is 42.5 Å². The summed E-state index contributed by atoms with van der Waals surface area (Å²) in [6.07, 6.45) is 2.63. The number of hydrogen-bond donors (Lipinski definition) is 2. The van der Waals surface area contributed by atoms with E-state index >= 15 is 0 Å². The first-order chi connectivity index (χ1) is 16.6. The van der Waals surface area contributed by atoms with Gasteiger partial charge >= 0.3 is 0 Å². The fourth-order valence-corrected chi connectivity index (χ4v) is 4.38. The number of ether oxygens (including phenoxy) is 2. The van der Waals surface area contributed by atoms with E-state index in [-0.39, 0.29) is 24.0 Å². The lowest BCUT2D eigenvalue weighted by molar-refractivity contribution is -0.115. The summed E-state index contributed by atoms with van der Waals surface area (Å²) in [5, 5.41) is 2.93. The molecule has 1 aliphatic carbocycles. The van der Waals surface area contributed by atoms with Crippen LogP contribution in [-0.2, 0) is 24.1 Å². The number of aryl methyl sites for hydroxylation is 1. The van der Waals surface area contributed by atoms with Gasteiger partial charge in [0.05, 0.1) is 13.5 Å². The summed E-state index contributed by atoms with van der Waals surface area (Å²) < 4.78 is 10.9. The zero-order valence-electron chi connectivity index (χ0n) is 19.4. The second-order valence-electron chi connectivity index (χ2n) is 8.51. The Hall–Kier alpha value is -3.64. The smallest absolute Gasteiger partial charge is 0.228 e. The van der Waals surface area contributed by atoms with Crippen LogP contribution >= 0.6 is 0 Å². The average molecular weight is 459 g/mol. The van der Waals surface area contributed by atoms with Crippen molar-refractivity contribution in [2.45, 2.75) is 25.7 Å². The monoisotopic (exact) mass is 458 g/mol. The molecule has 0 aromatic heterocycles. The SMILES string of the molecule is COc1cc(CC(=O)Nc2ccc3c(c2)C(=O)C(Cc2ccccc2)CC3)ccc1OCCN. The number of nitrogens with two attached hydrogens (primary N) is 1. The number of rotatable bonds is 9. The van der Waals surface area contributed by atoms with Crippen molar-refractivity contribution in [1.82, 2.24) is 0 Å². The molecule has 34 heavy (non-hydrogen) atoms. The van der Waals surface area contributed by atoms with Crippen molar-refractivity contribution < 1.29 is 19.1 Å². The first-order valence-electron chi connectivity index (χ1n) is 11.6. The summed E-state index contributed by atoms with van der Waals surface area (Å²) >= 11 is 0. The maximum atomic E-state index is 13.2. The second kappa shape index (κ2) is 11.0. The van der Waals surface area contributed by atoms with Gasteiger partial charge in [0.2, 0.25) is 5.91 Å². The molecule has 0 heterocycles. The predicted octanol–water partition coefficient (Wildman–Crippen LogP) is 4.20. The molecule has 3 aromatic rings. The molecular weight excluding hydrogens is 428 g/mol. The van der Waals surface area contributed by atoms with Crippen LogP contribution in [0.25, 0.3) is 0 Å². The molecule has 176 valence electrons. The number of nitrogens with one attached hydrogen (secondary N) is 1. The Balaban J connectivity index is 1.42. The predicted molar refractivity (Wildman–Crippen MR) is 133 cm³/mol. The molecule has 0 aliphatic heterocycles. The fraction of sp³-hybridized carbons (Fsp3) is 0.286. The van der Waals surface area contributed by atoms with Gasteiger partial charge in [-0.25, -0.2) is 0 Å². The molecule has 1 amide bonds. The van der Waals surface area contributed by atoms with E-state index in [0.717, 1.165) is 30.4 Å². The molecule has 6 heteroatoms. The molecule has 3 N–H and O–H groups in total. The highest BCUT2D eigenvalue weighted by Gasteiger charge is 2.27. The summed E-state index contributed by atoms with van der Waals surface area (Å²) in [6.45, 7) is 0.795. The van der Waals surface area contributed by atoms with Crippen molar-refractivity contribution in [3.8, 4) is 11.5 Å². The van der Waals surface area contributed by atoms with Gasteiger partial charge in [-0.3, -0.25) is 9.59 Å². The summed E-state index contributed by atoms with van der Waals surface area (Å²) in [4.78, 5) is 25.9. The highest BCUT2D eigenvalue weighted by molar-refractivity contribution is 6.02. The number of carbonyl (C=O) groups is 2. The lowest BCUT2D eigenvalue weighted by Gasteiger charge is -2.24. The third kappa shape index (κ3) is 5.64. The molecule has 1 unspecified atom stereocenters. The van der Waals surface area contributed by atoms with Crippen LogP contribution in [0.1, 0.15) is 33.5 Å². The summed E-state index contributed by atoms with van der Waals surface area (Å²) in [7, 11) is 1.56. The highest BCUT2D eigenvalue weighted by Crippen LogP contribution is 2.31. The minimum Gasteiger partial charge on any atom is -0.493 e. The van der Waals surface area contributed by atoms with Crippen molar-refractivity contribution in [3.63, 3.8) is 0 Å².